The molecule has 0 amide bonds. The predicted molar refractivity (Wildman–Crippen MR) is 142 cm³/mol. The second kappa shape index (κ2) is 17.3. The molecule has 1 atom stereocenters. The van der Waals surface area contributed by atoms with Crippen molar-refractivity contribution < 1.29 is 19.0 Å². The van der Waals surface area contributed by atoms with E-state index in [4.69, 9.17) is 25.8 Å². The zero-order valence-electron chi connectivity index (χ0n) is 20.5. The molecule has 0 aromatic heterocycles. The molecule has 0 saturated carbocycles. The van der Waals surface area contributed by atoms with Crippen molar-refractivity contribution in [2.24, 2.45) is 0 Å². The Labute approximate surface area is 218 Å². The third-order valence-corrected chi connectivity index (χ3v) is 6.62. The molecule has 7 heteroatoms. The van der Waals surface area contributed by atoms with E-state index in [9.17, 15) is 4.79 Å². The van der Waals surface area contributed by atoms with E-state index in [-0.39, 0.29) is 33.0 Å². The summed E-state index contributed by atoms with van der Waals surface area (Å²) in [7, 11) is 1.42. The van der Waals surface area contributed by atoms with Crippen molar-refractivity contribution in [3.63, 3.8) is 0 Å². The van der Waals surface area contributed by atoms with E-state index in [1.807, 2.05) is 18.2 Å². The van der Waals surface area contributed by atoms with Crippen LogP contribution in [0.4, 0.5) is 0 Å². The predicted octanol–water partition coefficient (Wildman–Crippen LogP) is 7.03. The van der Waals surface area contributed by atoms with Gasteiger partial charge in [0, 0.05) is 30.2 Å². The first-order valence-corrected chi connectivity index (χ1v) is 13.0. The molecule has 1 unspecified atom stereocenters. The molecule has 0 aliphatic heterocycles. The average molecular weight is 486 g/mol. The van der Waals surface area contributed by atoms with Crippen molar-refractivity contribution in [3.05, 3.63) is 47.0 Å². The zero-order chi connectivity index (χ0) is 23.2. The molecule has 177 valence electrons. The molecular formula is C26H36ClLiO4P. The smallest absolute Gasteiger partial charge is 0.190 e. The summed E-state index contributed by atoms with van der Waals surface area (Å²) in [6.07, 6.45) is 9.15. The molecule has 0 aliphatic carbocycles. The maximum Gasteiger partial charge on any atom is 0.190 e. The van der Waals surface area contributed by atoms with Crippen molar-refractivity contribution in [1.29, 1.82) is 0 Å². The third-order valence-electron chi connectivity index (χ3n) is 5.15. The van der Waals surface area contributed by atoms with Crippen LogP contribution >= 0.6 is 20.2 Å². The quantitative estimate of drug-likeness (QED) is 0.145. The van der Waals surface area contributed by atoms with Gasteiger partial charge in [0.25, 0.3) is 0 Å². The van der Waals surface area contributed by atoms with E-state index >= 15 is 0 Å². The fourth-order valence-electron chi connectivity index (χ4n) is 3.32. The summed E-state index contributed by atoms with van der Waals surface area (Å²) < 4.78 is 17.4. The van der Waals surface area contributed by atoms with Crippen LogP contribution in [0.25, 0.3) is 0 Å². The summed E-state index contributed by atoms with van der Waals surface area (Å²) in [6.45, 7) is 5.70. The summed E-state index contributed by atoms with van der Waals surface area (Å²) in [5.41, 5.74) is 0.344. The second-order valence-electron chi connectivity index (χ2n) is 7.75. The van der Waals surface area contributed by atoms with Gasteiger partial charge >= 0.3 is 0 Å². The van der Waals surface area contributed by atoms with Crippen LogP contribution in [0.5, 0.6) is 17.2 Å². The summed E-state index contributed by atoms with van der Waals surface area (Å²) in [6, 6.07) is 11.0. The van der Waals surface area contributed by atoms with Gasteiger partial charge in [-0.1, -0.05) is 70.0 Å². The van der Waals surface area contributed by atoms with Crippen LogP contribution in [0.2, 0.25) is 5.02 Å². The standard InChI is InChI=1S/C26H36ClO4P.Li/c1-4-6-8-10-17-30-20-15-16-24(23(19-20)31-18-11-9-7-5-2)32-26(28)25-21(27)13-12-14-22(25)29-3;/h12-16,19,32H,4-11,17-18H2,1-3H3;. The molecule has 2 rings (SSSR count). The summed E-state index contributed by atoms with van der Waals surface area (Å²) in [5.74, 6) is 1.98. The number of ether oxygens (including phenoxy) is 3. The van der Waals surface area contributed by atoms with Crippen molar-refractivity contribution in [2.75, 3.05) is 20.3 Å². The second-order valence-corrected chi connectivity index (χ2v) is 9.40. The van der Waals surface area contributed by atoms with Crippen LogP contribution in [0.1, 0.15) is 75.6 Å². The number of unbranched alkanes of at least 4 members (excludes halogenated alkanes) is 6. The van der Waals surface area contributed by atoms with E-state index in [2.05, 4.69) is 13.8 Å². The normalized spacial score (nSPS) is 10.8. The van der Waals surface area contributed by atoms with Crippen LogP contribution in [-0.2, 0) is 0 Å². The summed E-state index contributed by atoms with van der Waals surface area (Å²) >= 11 is 6.31. The zero-order valence-corrected chi connectivity index (χ0v) is 22.3. The number of carbonyl (C=O) groups excluding carboxylic acids is 1. The Balaban J connectivity index is 0.00000544. The van der Waals surface area contributed by atoms with E-state index in [0.717, 1.165) is 30.3 Å². The molecule has 0 aliphatic rings. The molecule has 4 nitrogen and oxygen atoms in total. The first-order valence-electron chi connectivity index (χ1n) is 11.6. The number of rotatable bonds is 16. The van der Waals surface area contributed by atoms with Crippen molar-refractivity contribution >= 4 is 49.9 Å². The van der Waals surface area contributed by atoms with Crippen molar-refractivity contribution in [2.45, 2.75) is 65.2 Å². The van der Waals surface area contributed by atoms with Gasteiger partial charge in [-0.2, -0.15) is 0 Å². The number of halogens is 1. The Morgan fingerprint density at radius 2 is 1.55 bits per heavy atom. The molecule has 0 heterocycles. The Morgan fingerprint density at radius 3 is 2.18 bits per heavy atom. The summed E-state index contributed by atoms with van der Waals surface area (Å²) in [4.78, 5) is 13.1. The maximum absolute atomic E-state index is 13.1. The monoisotopic (exact) mass is 485 g/mol. The van der Waals surface area contributed by atoms with Gasteiger partial charge in [0.2, 0.25) is 0 Å². The average Bonchev–Trinajstić information content (AvgIpc) is 2.79. The molecule has 0 bridgehead atoms. The van der Waals surface area contributed by atoms with Crippen LogP contribution < -0.4 is 19.5 Å². The Morgan fingerprint density at radius 1 is 0.879 bits per heavy atom. The fraction of sp³-hybridized carbons (Fsp3) is 0.500. The van der Waals surface area contributed by atoms with Crippen LogP contribution in [0.3, 0.4) is 0 Å². The number of benzene rings is 2. The van der Waals surface area contributed by atoms with Crippen LogP contribution in [-0.4, -0.2) is 44.7 Å². The van der Waals surface area contributed by atoms with Gasteiger partial charge in [0.15, 0.2) is 5.52 Å². The van der Waals surface area contributed by atoms with E-state index in [1.165, 1.54) is 32.1 Å². The number of carbonyl (C=O) groups is 1. The first kappa shape index (κ1) is 29.9. The van der Waals surface area contributed by atoms with Gasteiger partial charge in [-0.3, -0.25) is 4.79 Å². The van der Waals surface area contributed by atoms with Crippen molar-refractivity contribution in [1.82, 2.24) is 0 Å². The molecule has 2 aromatic carbocycles. The topological polar surface area (TPSA) is 44.8 Å². The van der Waals surface area contributed by atoms with Crippen LogP contribution in [0.15, 0.2) is 36.4 Å². The Bertz CT molecular complexity index is 847. The molecule has 33 heavy (non-hydrogen) atoms. The fourth-order valence-corrected chi connectivity index (χ4v) is 4.72. The third kappa shape index (κ3) is 10.3. The minimum Gasteiger partial charge on any atom is -0.496 e. The number of hydrogen-bond donors (Lipinski definition) is 0. The van der Waals surface area contributed by atoms with Crippen LogP contribution in [0, 0.1) is 0 Å². The molecule has 0 saturated heterocycles. The Hall–Kier alpha value is -1.17. The maximum atomic E-state index is 13.1. The number of methoxy groups -OCH3 is 1. The summed E-state index contributed by atoms with van der Waals surface area (Å²) in [5, 5.41) is 1.25. The number of hydrogen-bond acceptors (Lipinski definition) is 4. The van der Waals surface area contributed by atoms with Gasteiger partial charge in [-0.15, -0.1) is 0 Å². The molecule has 0 N–H and O–H groups in total. The largest absolute Gasteiger partial charge is 0.496 e. The van der Waals surface area contributed by atoms with Gasteiger partial charge in [-0.25, -0.2) is 0 Å². The van der Waals surface area contributed by atoms with Gasteiger partial charge in [0.1, 0.15) is 17.2 Å². The molecule has 0 fully saturated rings. The van der Waals surface area contributed by atoms with Gasteiger partial charge in [0.05, 0.1) is 30.9 Å². The Kier molecular flexibility index (Phi) is 15.6. The van der Waals surface area contributed by atoms with E-state index < -0.39 is 0 Å². The SMILES string of the molecule is CCCCCCOc1ccc(PC(=O)c2c(Cl)cccc2OC)c(OCCCCCC)c1.[Li]. The van der Waals surface area contributed by atoms with E-state index in [0.29, 0.717) is 35.3 Å². The van der Waals surface area contributed by atoms with E-state index in [1.54, 1.807) is 25.3 Å². The minimum atomic E-state index is -0.123. The molecule has 1 radical (unpaired) electrons. The molecule has 2 aromatic rings. The molecule has 0 spiro atoms. The molecular weight excluding hydrogens is 450 g/mol. The first-order chi connectivity index (χ1) is 15.6. The van der Waals surface area contributed by atoms with Crippen molar-refractivity contribution in [3.8, 4) is 17.2 Å². The van der Waals surface area contributed by atoms with Gasteiger partial charge in [-0.05, 0) is 45.7 Å². The van der Waals surface area contributed by atoms with Gasteiger partial charge < -0.3 is 14.2 Å². The minimum absolute atomic E-state index is 0.